The maximum absolute atomic E-state index is 12.4. The Kier molecular flexibility index (Phi) is 7.14. The van der Waals surface area contributed by atoms with Crippen molar-refractivity contribution in [2.24, 2.45) is 0 Å². The molecule has 2 aromatic carbocycles. The second-order valence-corrected chi connectivity index (χ2v) is 8.45. The molecular formula is C23H22N4O6S. The van der Waals surface area contributed by atoms with E-state index in [9.17, 15) is 19.7 Å². The highest BCUT2D eigenvalue weighted by Gasteiger charge is 2.24. The van der Waals surface area contributed by atoms with Crippen molar-refractivity contribution < 1.29 is 24.0 Å². The molecule has 0 atom stereocenters. The number of nitrogens with one attached hydrogen (secondary N) is 1. The summed E-state index contributed by atoms with van der Waals surface area (Å²) in [5.74, 6) is -1.39. The highest BCUT2D eigenvalue weighted by atomic mass is 32.1. The summed E-state index contributed by atoms with van der Waals surface area (Å²) in [6, 6.07) is 12.0. The fourth-order valence-electron chi connectivity index (χ4n) is 3.43. The van der Waals surface area contributed by atoms with Gasteiger partial charge in [0, 0.05) is 30.1 Å². The van der Waals surface area contributed by atoms with Crippen molar-refractivity contribution in [1.82, 2.24) is 4.98 Å². The lowest BCUT2D eigenvalue weighted by Crippen LogP contribution is -2.36. The molecule has 1 saturated heterocycles. The van der Waals surface area contributed by atoms with Crippen molar-refractivity contribution in [3.8, 4) is 11.3 Å². The number of morpholine rings is 1. The topological polar surface area (TPSA) is 124 Å². The number of amides is 1. The zero-order valence-corrected chi connectivity index (χ0v) is 19.2. The predicted molar refractivity (Wildman–Crippen MR) is 127 cm³/mol. The fourth-order valence-corrected chi connectivity index (χ4v) is 4.16. The molecule has 1 aliphatic heterocycles. The molecule has 2 heterocycles. The highest BCUT2D eigenvalue weighted by molar-refractivity contribution is 7.14. The number of aryl methyl sites for hydroxylation is 1. The first-order valence-electron chi connectivity index (χ1n) is 10.5. The molecule has 0 spiro atoms. The van der Waals surface area contributed by atoms with E-state index in [1.807, 2.05) is 41.5 Å². The van der Waals surface area contributed by atoms with Crippen LogP contribution in [-0.2, 0) is 14.3 Å². The van der Waals surface area contributed by atoms with Crippen molar-refractivity contribution in [1.29, 1.82) is 0 Å². The van der Waals surface area contributed by atoms with Gasteiger partial charge in [-0.1, -0.05) is 29.8 Å². The van der Waals surface area contributed by atoms with Crippen molar-refractivity contribution in [3.63, 3.8) is 0 Å². The fraction of sp³-hybridized carbons (Fsp3) is 0.261. The van der Waals surface area contributed by atoms with Gasteiger partial charge in [-0.15, -0.1) is 11.3 Å². The zero-order chi connectivity index (χ0) is 24.1. The molecule has 0 bridgehead atoms. The summed E-state index contributed by atoms with van der Waals surface area (Å²) in [5.41, 5.74) is 2.99. The molecule has 34 heavy (non-hydrogen) atoms. The molecule has 4 rings (SSSR count). The molecule has 11 heteroatoms. The van der Waals surface area contributed by atoms with Crippen LogP contribution in [-0.4, -0.2) is 54.7 Å². The minimum atomic E-state index is -0.828. The highest BCUT2D eigenvalue weighted by Crippen LogP contribution is 2.30. The molecule has 0 radical (unpaired) electrons. The molecule has 1 amide bonds. The molecule has 176 valence electrons. The van der Waals surface area contributed by atoms with Gasteiger partial charge in [-0.25, -0.2) is 9.78 Å². The SMILES string of the molecule is Cc1ccc(-c2csc(NC(=O)COC(=O)c3ccc(N4CCOCC4)c([N+](=O)[O-])c3)n2)cc1. The molecule has 0 saturated carbocycles. The quantitative estimate of drug-likeness (QED) is 0.307. The van der Waals surface area contributed by atoms with Gasteiger partial charge in [0.25, 0.3) is 11.6 Å². The Hall–Kier alpha value is -3.83. The van der Waals surface area contributed by atoms with Gasteiger partial charge >= 0.3 is 5.97 Å². The maximum atomic E-state index is 12.4. The largest absolute Gasteiger partial charge is 0.452 e. The van der Waals surface area contributed by atoms with Crippen LogP contribution in [0, 0.1) is 17.0 Å². The second-order valence-electron chi connectivity index (χ2n) is 7.59. The number of benzene rings is 2. The number of esters is 1. The Bertz CT molecular complexity index is 1200. The Labute approximate surface area is 199 Å². The minimum absolute atomic E-state index is 0.00702. The van der Waals surface area contributed by atoms with Crippen molar-refractivity contribution in [2.45, 2.75) is 6.92 Å². The number of nitro groups is 1. The number of carbonyl (C=O) groups excluding carboxylic acids is 2. The number of nitro benzene ring substituents is 1. The molecule has 1 fully saturated rings. The van der Waals surface area contributed by atoms with Crippen molar-refractivity contribution in [3.05, 3.63) is 69.1 Å². The first-order chi connectivity index (χ1) is 16.4. The monoisotopic (exact) mass is 482 g/mol. The lowest BCUT2D eigenvalue weighted by atomic mass is 10.1. The van der Waals surface area contributed by atoms with Crippen LogP contribution in [0.4, 0.5) is 16.5 Å². The predicted octanol–water partition coefficient (Wildman–Crippen LogP) is 3.66. The number of hydrogen-bond donors (Lipinski definition) is 1. The van der Waals surface area contributed by atoms with E-state index in [1.165, 1.54) is 29.5 Å². The van der Waals surface area contributed by atoms with E-state index in [-0.39, 0.29) is 11.3 Å². The number of carbonyl (C=O) groups is 2. The third kappa shape index (κ3) is 5.56. The van der Waals surface area contributed by atoms with Crippen LogP contribution in [0.25, 0.3) is 11.3 Å². The molecule has 0 aliphatic carbocycles. The van der Waals surface area contributed by atoms with E-state index >= 15 is 0 Å². The summed E-state index contributed by atoms with van der Waals surface area (Å²) >= 11 is 1.26. The zero-order valence-electron chi connectivity index (χ0n) is 18.4. The molecule has 1 aliphatic rings. The summed E-state index contributed by atoms with van der Waals surface area (Å²) in [4.78, 5) is 41.9. The average molecular weight is 483 g/mol. The van der Waals surface area contributed by atoms with Crippen LogP contribution < -0.4 is 10.2 Å². The number of anilines is 2. The summed E-state index contributed by atoms with van der Waals surface area (Å²) in [6.07, 6.45) is 0. The molecule has 10 nitrogen and oxygen atoms in total. The maximum Gasteiger partial charge on any atom is 0.338 e. The smallest absolute Gasteiger partial charge is 0.338 e. The van der Waals surface area contributed by atoms with Gasteiger partial charge in [0.15, 0.2) is 11.7 Å². The van der Waals surface area contributed by atoms with Crippen LogP contribution in [0.15, 0.2) is 47.8 Å². The number of aromatic nitrogens is 1. The van der Waals surface area contributed by atoms with Crippen LogP contribution in [0.1, 0.15) is 15.9 Å². The number of hydrogen-bond acceptors (Lipinski definition) is 9. The first kappa shape index (κ1) is 23.3. The lowest BCUT2D eigenvalue weighted by Gasteiger charge is -2.28. The van der Waals surface area contributed by atoms with Crippen LogP contribution >= 0.6 is 11.3 Å². The van der Waals surface area contributed by atoms with Crippen LogP contribution in [0.5, 0.6) is 0 Å². The Morgan fingerprint density at radius 1 is 1.21 bits per heavy atom. The first-order valence-corrected chi connectivity index (χ1v) is 11.4. The van der Waals surface area contributed by atoms with Crippen molar-refractivity contribution in [2.75, 3.05) is 43.1 Å². The normalized spacial score (nSPS) is 13.4. The molecule has 0 unspecified atom stereocenters. The van der Waals surface area contributed by atoms with Gasteiger partial charge in [-0.3, -0.25) is 20.2 Å². The van der Waals surface area contributed by atoms with Gasteiger partial charge in [0.1, 0.15) is 5.69 Å². The molecule has 3 aromatic rings. The summed E-state index contributed by atoms with van der Waals surface area (Å²) < 4.78 is 10.3. The summed E-state index contributed by atoms with van der Waals surface area (Å²) in [6.45, 7) is 3.44. The summed E-state index contributed by atoms with van der Waals surface area (Å²) in [7, 11) is 0. The molecular weight excluding hydrogens is 460 g/mol. The van der Waals surface area contributed by atoms with Crippen LogP contribution in [0.2, 0.25) is 0 Å². The van der Waals surface area contributed by atoms with E-state index in [4.69, 9.17) is 9.47 Å². The van der Waals surface area contributed by atoms with Gasteiger partial charge in [-0.2, -0.15) is 0 Å². The summed E-state index contributed by atoms with van der Waals surface area (Å²) in [5, 5.41) is 16.3. The van der Waals surface area contributed by atoms with Crippen molar-refractivity contribution >= 4 is 39.7 Å². The number of thiazole rings is 1. The average Bonchev–Trinajstić information content (AvgIpc) is 3.31. The second kappa shape index (κ2) is 10.4. The third-order valence-electron chi connectivity index (χ3n) is 5.19. The van der Waals surface area contributed by atoms with Gasteiger partial charge in [-0.05, 0) is 19.1 Å². The van der Waals surface area contributed by atoms with Gasteiger partial charge in [0.2, 0.25) is 0 Å². The Balaban J connectivity index is 1.36. The Morgan fingerprint density at radius 2 is 1.94 bits per heavy atom. The van der Waals surface area contributed by atoms with E-state index in [1.54, 1.807) is 0 Å². The van der Waals surface area contributed by atoms with Gasteiger partial charge in [0.05, 0.1) is 29.4 Å². The lowest BCUT2D eigenvalue weighted by molar-refractivity contribution is -0.384. The van der Waals surface area contributed by atoms with E-state index in [2.05, 4.69) is 10.3 Å². The Morgan fingerprint density at radius 3 is 2.65 bits per heavy atom. The standard InChI is InChI=1S/C23H22N4O6S/c1-15-2-4-16(5-3-15)18-14-34-23(24-18)25-21(28)13-33-22(29)17-6-7-19(20(12-17)27(30)31)26-8-10-32-11-9-26/h2-7,12,14H,8-11,13H2,1H3,(H,24,25,28). The van der Waals surface area contributed by atoms with E-state index in [0.29, 0.717) is 37.1 Å². The molecule has 1 aromatic heterocycles. The third-order valence-corrected chi connectivity index (χ3v) is 5.95. The number of nitrogens with zero attached hydrogens (tertiary/aromatic N) is 3. The van der Waals surface area contributed by atoms with E-state index < -0.39 is 23.4 Å². The van der Waals surface area contributed by atoms with Crippen LogP contribution in [0.3, 0.4) is 0 Å². The number of ether oxygens (including phenoxy) is 2. The van der Waals surface area contributed by atoms with E-state index in [0.717, 1.165) is 16.8 Å². The number of rotatable bonds is 7. The minimum Gasteiger partial charge on any atom is -0.452 e. The van der Waals surface area contributed by atoms with Gasteiger partial charge < -0.3 is 14.4 Å². The molecule has 1 N–H and O–H groups in total.